The second-order valence-corrected chi connectivity index (χ2v) is 5.38. The topological polar surface area (TPSA) is 90.9 Å². The van der Waals surface area contributed by atoms with Crippen LogP contribution in [0.15, 0.2) is 48.5 Å². The first-order valence-corrected chi connectivity index (χ1v) is 7.81. The third-order valence-electron chi connectivity index (χ3n) is 3.30. The molecule has 7 nitrogen and oxygen atoms in total. The zero-order valence-corrected chi connectivity index (χ0v) is 14.5. The van der Waals surface area contributed by atoms with E-state index in [2.05, 4.69) is 10.1 Å². The Morgan fingerprint density at radius 3 is 2.38 bits per heavy atom. The Morgan fingerprint density at radius 2 is 1.73 bits per heavy atom. The number of nitrogens with one attached hydrogen (secondary N) is 1. The lowest BCUT2D eigenvalue weighted by molar-refractivity contribution is -0.149. The summed E-state index contributed by atoms with van der Waals surface area (Å²) in [6.45, 7) is 1.19. The van der Waals surface area contributed by atoms with Gasteiger partial charge in [-0.3, -0.25) is 4.79 Å². The molecular formula is C19H19NO6. The smallest absolute Gasteiger partial charge is 0.344 e. The van der Waals surface area contributed by atoms with Crippen molar-refractivity contribution >= 4 is 23.5 Å². The van der Waals surface area contributed by atoms with E-state index < -0.39 is 24.5 Å². The van der Waals surface area contributed by atoms with E-state index in [-0.39, 0.29) is 6.61 Å². The molecule has 0 saturated heterocycles. The van der Waals surface area contributed by atoms with E-state index in [1.165, 1.54) is 19.2 Å². The Bertz CT molecular complexity index is 785. The fourth-order valence-electron chi connectivity index (χ4n) is 2.04. The average Bonchev–Trinajstić information content (AvgIpc) is 2.64. The van der Waals surface area contributed by atoms with E-state index in [0.29, 0.717) is 17.0 Å². The minimum atomic E-state index is -0.650. The molecule has 1 N–H and O–H groups in total. The normalized spacial score (nSPS) is 9.92. The predicted octanol–water partition coefficient (Wildman–Crippen LogP) is 2.34. The monoisotopic (exact) mass is 357 g/mol. The number of hydrogen-bond acceptors (Lipinski definition) is 6. The van der Waals surface area contributed by atoms with Crippen molar-refractivity contribution in [2.45, 2.75) is 6.92 Å². The number of carbonyl (C=O) groups excluding carboxylic acids is 3. The summed E-state index contributed by atoms with van der Waals surface area (Å²) in [6.07, 6.45) is 0. The van der Waals surface area contributed by atoms with Crippen molar-refractivity contribution in [1.29, 1.82) is 0 Å². The van der Waals surface area contributed by atoms with Gasteiger partial charge < -0.3 is 19.5 Å². The van der Waals surface area contributed by atoms with Gasteiger partial charge >= 0.3 is 11.9 Å². The molecule has 0 spiro atoms. The maximum atomic E-state index is 11.8. The van der Waals surface area contributed by atoms with Crippen LogP contribution in [0.1, 0.15) is 15.9 Å². The van der Waals surface area contributed by atoms with Gasteiger partial charge in [0.1, 0.15) is 5.75 Å². The number of anilines is 1. The SMILES string of the molecule is COC(=O)c1ccc(NC(=O)COC(=O)COc2cccc(C)c2)cc1. The molecule has 136 valence electrons. The fourth-order valence-corrected chi connectivity index (χ4v) is 2.04. The largest absolute Gasteiger partial charge is 0.482 e. The van der Waals surface area contributed by atoms with Gasteiger partial charge in [-0.05, 0) is 48.9 Å². The molecule has 0 aliphatic heterocycles. The second-order valence-electron chi connectivity index (χ2n) is 5.38. The van der Waals surface area contributed by atoms with Crippen molar-refractivity contribution in [2.24, 2.45) is 0 Å². The lowest BCUT2D eigenvalue weighted by Crippen LogP contribution is -2.23. The van der Waals surface area contributed by atoms with Crippen LogP contribution in [-0.2, 0) is 19.1 Å². The molecule has 0 atom stereocenters. The number of carbonyl (C=O) groups is 3. The maximum Gasteiger partial charge on any atom is 0.344 e. The molecule has 0 unspecified atom stereocenters. The number of hydrogen-bond donors (Lipinski definition) is 1. The molecule has 0 fully saturated rings. The van der Waals surface area contributed by atoms with Gasteiger partial charge in [-0.2, -0.15) is 0 Å². The van der Waals surface area contributed by atoms with Gasteiger partial charge in [-0.1, -0.05) is 12.1 Å². The quantitative estimate of drug-likeness (QED) is 0.765. The lowest BCUT2D eigenvalue weighted by Gasteiger charge is -2.08. The zero-order valence-electron chi connectivity index (χ0n) is 14.5. The first-order valence-electron chi connectivity index (χ1n) is 7.81. The number of methoxy groups -OCH3 is 1. The van der Waals surface area contributed by atoms with Gasteiger partial charge in [0.05, 0.1) is 12.7 Å². The lowest BCUT2D eigenvalue weighted by atomic mass is 10.2. The summed E-state index contributed by atoms with van der Waals surface area (Å²) in [6, 6.07) is 13.4. The summed E-state index contributed by atoms with van der Waals surface area (Å²) in [5.74, 6) is -1.06. The molecular weight excluding hydrogens is 338 g/mol. The Hall–Kier alpha value is -3.35. The molecule has 26 heavy (non-hydrogen) atoms. The highest BCUT2D eigenvalue weighted by atomic mass is 16.6. The number of aryl methyl sites for hydroxylation is 1. The van der Waals surface area contributed by atoms with E-state index in [1.54, 1.807) is 24.3 Å². The number of esters is 2. The Labute approximate surface area is 150 Å². The number of amides is 1. The van der Waals surface area contributed by atoms with E-state index in [9.17, 15) is 14.4 Å². The summed E-state index contributed by atoms with van der Waals surface area (Å²) in [7, 11) is 1.29. The van der Waals surface area contributed by atoms with Crippen LogP contribution in [-0.4, -0.2) is 38.2 Å². The average molecular weight is 357 g/mol. The van der Waals surface area contributed by atoms with Crippen LogP contribution in [0.4, 0.5) is 5.69 Å². The van der Waals surface area contributed by atoms with Gasteiger partial charge in [0.15, 0.2) is 13.2 Å². The Morgan fingerprint density at radius 1 is 1.00 bits per heavy atom. The second kappa shape index (κ2) is 9.22. The molecule has 7 heteroatoms. The number of ether oxygens (including phenoxy) is 3. The number of rotatable bonds is 7. The highest BCUT2D eigenvalue weighted by Gasteiger charge is 2.10. The molecule has 2 rings (SSSR count). The Balaban J connectivity index is 1.74. The summed E-state index contributed by atoms with van der Waals surface area (Å²) in [5.41, 5.74) is 1.84. The van der Waals surface area contributed by atoms with E-state index in [0.717, 1.165) is 5.56 Å². The van der Waals surface area contributed by atoms with E-state index in [1.807, 2.05) is 19.1 Å². The standard InChI is InChI=1S/C19H19NO6/c1-13-4-3-5-16(10-13)25-12-18(22)26-11-17(21)20-15-8-6-14(7-9-15)19(23)24-2/h3-10H,11-12H2,1-2H3,(H,20,21). The van der Waals surface area contributed by atoms with E-state index in [4.69, 9.17) is 9.47 Å². The van der Waals surface area contributed by atoms with Gasteiger partial charge in [0.25, 0.3) is 5.91 Å². The molecule has 2 aromatic rings. The molecule has 0 radical (unpaired) electrons. The van der Waals surface area contributed by atoms with Crippen molar-refractivity contribution in [1.82, 2.24) is 0 Å². The predicted molar refractivity (Wildman–Crippen MR) is 94.0 cm³/mol. The van der Waals surface area contributed by atoms with Gasteiger partial charge in [-0.25, -0.2) is 9.59 Å². The molecule has 1 amide bonds. The first kappa shape index (κ1) is 19.0. The molecule has 0 aromatic heterocycles. The number of benzene rings is 2. The summed E-state index contributed by atoms with van der Waals surface area (Å²) < 4.78 is 14.7. The summed E-state index contributed by atoms with van der Waals surface area (Å²) >= 11 is 0. The summed E-state index contributed by atoms with van der Waals surface area (Å²) in [5, 5.41) is 2.55. The molecule has 0 bridgehead atoms. The summed E-state index contributed by atoms with van der Waals surface area (Å²) in [4.78, 5) is 34.8. The molecule has 0 saturated carbocycles. The third-order valence-corrected chi connectivity index (χ3v) is 3.30. The van der Waals surface area contributed by atoms with Gasteiger partial charge in [0, 0.05) is 5.69 Å². The highest BCUT2D eigenvalue weighted by molar-refractivity contribution is 5.94. The minimum absolute atomic E-state index is 0.287. The molecule has 0 heterocycles. The van der Waals surface area contributed by atoms with Crippen molar-refractivity contribution in [2.75, 3.05) is 25.6 Å². The third kappa shape index (κ3) is 5.94. The van der Waals surface area contributed by atoms with Crippen LogP contribution in [0.3, 0.4) is 0 Å². The van der Waals surface area contributed by atoms with Gasteiger partial charge in [0.2, 0.25) is 0 Å². The van der Waals surface area contributed by atoms with Crippen LogP contribution in [0.2, 0.25) is 0 Å². The highest BCUT2D eigenvalue weighted by Crippen LogP contribution is 2.12. The fraction of sp³-hybridized carbons (Fsp3) is 0.211. The molecule has 2 aromatic carbocycles. The molecule has 0 aliphatic rings. The van der Waals surface area contributed by atoms with Crippen LogP contribution in [0.5, 0.6) is 5.75 Å². The van der Waals surface area contributed by atoms with Crippen LogP contribution in [0.25, 0.3) is 0 Å². The van der Waals surface area contributed by atoms with Crippen molar-refractivity contribution in [3.63, 3.8) is 0 Å². The van der Waals surface area contributed by atoms with E-state index >= 15 is 0 Å². The van der Waals surface area contributed by atoms with Crippen LogP contribution in [0, 0.1) is 6.92 Å². The Kier molecular flexibility index (Phi) is 6.73. The van der Waals surface area contributed by atoms with Crippen molar-refractivity contribution in [3.8, 4) is 5.75 Å². The van der Waals surface area contributed by atoms with Crippen LogP contribution < -0.4 is 10.1 Å². The van der Waals surface area contributed by atoms with Crippen molar-refractivity contribution < 1.29 is 28.6 Å². The van der Waals surface area contributed by atoms with Crippen molar-refractivity contribution in [3.05, 3.63) is 59.7 Å². The van der Waals surface area contributed by atoms with Gasteiger partial charge in [-0.15, -0.1) is 0 Å². The first-order chi connectivity index (χ1) is 12.5. The maximum absolute atomic E-state index is 11.8. The zero-order chi connectivity index (χ0) is 18.9. The van der Waals surface area contributed by atoms with Crippen LogP contribution >= 0.6 is 0 Å². The minimum Gasteiger partial charge on any atom is -0.482 e. The molecule has 0 aliphatic carbocycles.